The molecule has 1 atom stereocenters. The van der Waals surface area contributed by atoms with Gasteiger partial charge in [0.1, 0.15) is 6.04 Å². The van der Waals surface area contributed by atoms with Crippen LogP contribution in [0.3, 0.4) is 0 Å². The van der Waals surface area contributed by atoms with Gasteiger partial charge in [-0.3, -0.25) is 14.5 Å². The van der Waals surface area contributed by atoms with Crippen LogP contribution in [0.5, 0.6) is 0 Å². The van der Waals surface area contributed by atoms with Crippen molar-refractivity contribution in [3.8, 4) is 0 Å². The lowest BCUT2D eigenvalue weighted by atomic mass is 9.99. The maximum Gasteiger partial charge on any atom is 0.280 e. The second kappa shape index (κ2) is 9.39. The molecule has 1 aliphatic rings. The van der Waals surface area contributed by atoms with E-state index < -0.39 is 6.04 Å². The molecule has 0 unspecified atom stereocenters. The monoisotopic (exact) mass is 434 g/mol. The van der Waals surface area contributed by atoms with Gasteiger partial charge in [0.2, 0.25) is 5.91 Å². The Labute approximate surface area is 186 Å². The smallest absolute Gasteiger partial charge is 0.280 e. The van der Waals surface area contributed by atoms with Crippen molar-refractivity contribution in [2.24, 2.45) is 0 Å². The molecule has 2 aromatic carbocycles. The Bertz CT molecular complexity index is 1060. The quantitative estimate of drug-likeness (QED) is 0.615. The Hall–Kier alpha value is -3.06. The molecule has 2 amide bonds. The van der Waals surface area contributed by atoms with Gasteiger partial charge in [-0.05, 0) is 55.4 Å². The van der Waals surface area contributed by atoms with Crippen molar-refractivity contribution in [3.63, 3.8) is 0 Å². The van der Waals surface area contributed by atoms with E-state index in [-0.39, 0.29) is 23.6 Å². The van der Waals surface area contributed by atoms with Crippen LogP contribution in [0.1, 0.15) is 58.9 Å². The Morgan fingerprint density at radius 2 is 1.87 bits per heavy atom. The average molecular weight is 435 g/mol. The van der Waals surface area contributed by atoms with Crippen molar-refractivity contribution in [1.29, 1.82) is 0 Å². The topological polar surface area (TPSA) is 75.2 Å². The SMILES string of the molecule is Cc1cccc([C@@H](C(=O)NC2CCCC2)N(C(=O)c2csnn2)c2ccccc2C)c1. The number of hydrogen-bond acceptors (Lipinski definition) is 5. The average Bonchev–Trinajstić information content (AvgIpc) is 3.46. The van der Waals surface area contributed by atoms with E-state index in [0.717, 1.165) is 53.9 Å². The first-order valence-corrected chi connectivity index (χ1v) is 11.4. The number of rotatable bonds is 6. The summed E-state index contributed by atoms with van der Waals surface area (Å²) in [4.78, 5) is 28.9. The molecule has 1 saturated carbocycles. The Kier molecular flexibility index (Phi) is 6.42. The summed E-state index contributed by atoms with van der Waals surface area (Å²) >= 11 is 1.12. The first kappa shape index (κ1) is 21.2. The van der Waals surface area contributed by atoms with Gasteiger partial charge >= 0.3 is 0 Å². The van der Waals surface area contributed by atoms with Crippen molar-refractivity contribution in [2.45, 2.75) is 51.6 Å². The molecule has 7 heteroatoms. The molecule has 3 aromatic rings. The van der Waals surface area contributed by atoms with Gasteiger partial charge in [0, 0.05) is 17.1 Å². The van der Waals surface area contributed by atoms with Gasteiger partial charge in [0.25, 0.3) is 5.91 Å². The van der Waals surface area contributed by atoms with Crippen LogP contribution in [-0.4, -0.2) is 27.4 Å². The van der Waals surface area contributed by atoms with Crippen LogP contribution in [0.15, 0.2) is 53.9 Å². The molecular formula is C24H26N4O2S. The van der Waals surface area contributed by atoms with Crippen LogP contribution in [-0.2, 0) is 4.79 Å². The van der Waals surface area contributed by atoms with E-state index in [1.165, 1.54) is 0 Å². The highest BCUT2D eigenvalue weighted by Gasteiger charge is 2.36. The maximum atomic E-state index is 13.7. The van der Waals surface area contributed by atoms with Crippen LogP contribution in [0, 0.1) is 13.8 Å². The highest BCUT2D eigenvalue weighted by atomic mass is 32.1. The van der Waals surface area contributed by atoms with Gasteiger partial charge in [0.15, 0.2) is 5.69 Å². The number of nitrogens with zero attached hydrogens (tertiary/aromatic N) is 3. The van der Waals surface area contributed by atoms with Crippen molar-refractivity contribution < 1.29 is 9.59 Å². The minimum atomic E-state index is -0.809. The molecule has 0 aliphatic heterocycles. The Balaban J connectivity index is 1.83. The summed E-state index contributed by atoms with van der Waals surface area (Å²) < 4.78 is 3.86. The number of carbonyl (C=O) groups is 2. The first-order valence-electron chi connectivity index (χ1n) is 10.6. The molecule has 31 heavy (non-hydrogen) atoms. The molecule has 0 bridgehead atoms. The van der Waals surface area contributed by atoms with E-state index in [4.69, 9.17) is 0 Å². The van der Waals surface area contributed by atoms with Crippen molar-refractivity contribution in [3.05, 3.63) is 76.3 Å². The van der Waals surface area contributed by atoms with Crippen molar-refractivity contribution in [1.82, 2.24) is 14.9 Å². The van der Waals surface area contributed by atoms with E-state index >= 15 is 0 Å². The number of hydrogen-bond donors (Lipinski definition) is 1. The molecule has 1 heterocycles. The van der Waals surface area contributed by atoms with Crippen LogP contribution >= 0.6 is 11.5 Å². The highest BCUT2D eigenvalue weighted by molar-refractivity contribution is 7.03. The van der Waals surface area contributed by atoms with Gasteiger partial charge < -0.3 is 5.32 Å². The molecule has 1 aliphatic carbocycles. The summed E-state index contributed by atoms with van der Waals surface area (Å²) in [7, 11) is 0. The van der Waals surface area contributed by atoms with Gasteiger partial charge in [-0.15, -0.1) is 5.10 Å². The zero-order valence-corrected chi connectivity index (χ0v) is 18.6. The fourth-order valence-corrected chi connectivity index (χ4v) is 4.62. The molecule has 1 fully saturated rings. The summed E-state index contributed by atoms with van der Waals surface area (Å²) in [6.07, 6.45) is 4.18. The summed E-state index contributed by atoms with van der Waals surface area (Å²) in [5, 5.41) is 8.82. The zero-order chi connectivity index (χ0) is 21.8. The minimum Gasteiger partial charge on any atom is -0.351 e. The Morgan fingerprint density at radius 1 is 1.10 bits per heavy atom. The molecule has 6 nitrogen and oxygen atoms in total. The minimum absolute atomic E-state index is 0.148. The van der Waals surface area contributed by atoms with Crippen LogP contribution in [0.2, 0.25) is 0 Å². The molecular weight excluding hydrogens is 408 g/mol. The molecule has 1 aromatic heterocycles. The van der Waals surface area contributed by atoms with E-state index in [1.807, 2.05) is 62.4 Å². The molecule has 0 radical (unpaired) electrons. The standard InChI is InChI=1S/C24H26N4O2S/c1-16-8-7-10-18(14-16)22(23(29)25-19-11-4-5-12-19)28(21-13-6-3-9-17(21)2)24(30)20-15-31-27-26-20/h3,6-10,13-15,19,22H,4-5,11-12H2,1-2H3,(H,25,29)/t22-/m0/s1. The predicted octanol–water partition coefficient (Wildman–Crippen LogP) is 4.60. The number of nitrogens with one attached hydrogen (secondary N) is 1. The maximum absolute atomic E-state index is 13.7. The molecule has 0 saturated heterocycles. The number of aryl methyl sites for hydroxylation is 2. The van der Waals surface area contributed by atoms with E-state index in [1.54, 1.807) is 10.3 Å². The number of carbonyl (C=O) groups excluding carboxylic acids is 2. The normalized spacial score (nSPS) is 14.9. The van der Waals surface area contributed by atoms with Crippen LogP contribution < -0.4 is 10.2 Å². The molecule has 160 valence electrons. The number of para-hydroxylation sites is 1. The van der Waals surface area contributed by atoms with Crippen molar-refractivity contribution >= 4 is 29.0 Å². The second-order valence-electron chi connectivity index (χ2n) is 8.06. The third kappa shape index (κ3) is 4.66. The fraction of sp³-hybridized carbons (Fsp3) is 0.333. The third-order valence-electron chi connectivity index (χ3n) is 5.74. The summed E-state index contributed by atoms with van der Waals surface area (Å²) in [6.45, 7) is 3.93. The van der Waals surface area contributed by atoms with Crippen LogP contribution in [0.25, 0.3) is 0 Å². The van der Waals surface area contributed by atoms with Crippen LogP contribution in [0.4, 0.5) is 5.69 Å². The number of benzene rings is 2. The van der Waals surface area contributed by atoms with Gasteiger partial charge in [-0.1, -0.05) is 65.4 Å². The van der Waals surface area contributed by atoms with Gasteiger partial charge in [-0.2, -0.15) is 0 Å². The predicted molar refractivity (Wildman–Crippen MR) is 122 cm³/mol. The van der Waals surface area contributed by atoms with Crippen molar-refractivity contribution in [2.75, 3.05) is 4.90 Å². The Morgan fingerprint density at radius 3 is 2.55 bits per heavy atom. The van der Waals surface area contributed by atoms with E-state index in [0.29, 0.717) is 5.69 Å². The molecule has 1 N–H and O–H groups in total. The second-order valence-corrected chi connectivity index (χ2v) is 8.67. The number of anilines is 1. The number of amides is 2. The van der Waals surface area contributed by atoms with Gasteiger partial charge in [-0.25, -0.2) is 0 Å². The lowest BCUT2D eigenvalue weighted by Gasteiger charge is -2.33. The zero-order valence-electron chi connectivity index (χ0n) is 17.7. The summed E-state index contributed by atoms with van der Waals surface area (Å²) in [6, 6.07) is 14.7. The first-order chi connectivity index (χ1) is 15.0. The van der Waals surface area contributed by atoms with E-state index in [2.05, 4.69) is 14.9 Å². The molecule has 0 spiro atoms. The molecule has 4 rings (SSSR count). The lowest BCUT2D eigenvalue weighted by Crippen LogP contribution is -2.46. The summed E-state index contributed by atoms with van der Waals surface area (Å²) in [5.74, 6) is -0.506. The fourth-order valence-electron chi connectivity index (χ4n) is 4.19. The third-order valence-corrected chi connectivity index (χ3v) is 6.24. The van der Waals surface area contributed by atoms with E-state index in [9.17, 15) is 9.59 Å². The number of aromatic nitrogens is 2. The highest BCUT2D eigenvalue weighted by Crippen LogP contribution is 2.33. The summed E-state index contributed by atoms with van der Waals surface area (Å²) in [5.41, 5.74) is 3.64. The largest absolute Gasteiger partial charge is 0.351 e. The lowest BCUT2D eigenvalue weighted by molar-refractivity contribution is -0.123. The van der Waals surface area contributed by atoms with Gasteiger partial charge in [0.05, 0.1) is 0 Å².